The van der Waals surface area contributed by atoms with E-state index in [0.29, 0.717) is 21.7 Å². The van der Waals surface area contributed by atoms with Crippen LogP contribution in [0.25, 0.3) is 10.6 Å². The first-order valence-electron chi connectivity index (χ1n) is 8.32. The maximum Gasteiger partial charge on any atom is 0.152 e. The molecule has 0 saturated heterocycles. The van der Waals surface area contributed by atoms with Crippen molar-refractivity contribution in [1.82, 2.24) is 4.98 Å². The second-order valence-corrected chi connectivity index (χ2v) is 8.74. The molecule has 1 aliphatic carbocycles. The lowest BCUT2D eigenvalue weighted by Crippen LogP contribution is -2.22. The van der Waals surface area contributed by atoms with Crippen LogP contribution >= 0.6 is 34.5 Å². The monoisotopic (exact) mass is 395 g/mol. The number of aldehydes is 1. The minimum atomic E-state index is -0.775. The van der Waals surface area contributed by atoms with Crippen molar-refractivity contribution in [3.8, 4) is 10.6 Å². The predicted molar refractivity (Wildman–Crippen MR) is 103 cm³/mol. The number of ketones is 1. The average Bonchev–Trinajstić information content (AvgIpc) is 3.17. The van der Waals surface area contributed by atoms with E-state index in [9.17, 15) is 9.59 Å². The summed E-state index contributed by atoms with van der Waals surface area (Å²) in [5.41, 5.74) is 1.41. The summed E-state index contributed by atoms with van der Waals surface area (Å²) in [6, 6.07) is 5.31. The second-order valence-electron chi connectivity index (χ2n) is 6.72. The number of hydrogen-bond acceptors (Lipinski definition) is 4. The molecule has 2 aromatic rings. The standard InChI is InChI=1S/C19H19Cl2NO2S/c1-10-3-4-12(7-10)18(24)14(9-23)17-11(2)25-19(22-17)13-5-6-15(20)16(21)8-13/h5-6,8-10,12,14H,3-4,7H2,1-2H3/t10-,12-,14?/m1/s1. The van der Waals surface area contributed by atoms with Crippen LogP contribution in [0.5, 0.6) is 0 Å². The molecule has 3 atom stereocenters. The van der Waals surface area contributed by atoms with Crippen molar-refractivity contribution in [2.75, 3.05) is 0 Å². The van der Waals surface area contributed by atoms with Crippen LogP contribution in [0.15, 0.2) is 18.2 Å². The van der Waals surface area contributed by atoms with Gasteiger partial charge in [0.1, 0.15) is 17.2 Å². The normalized spacial score (nSPS) is 21.3. The second kappa shape index (κ2) is 7.56. The summed E-state index contributed by atoms with van der Waals surface area (Å²) < 4.78 is 0. The van der Waals surface area contributed by atoms with Gasteiger partial charge in [0.15, 0.2) is 5.78 Å². The van der Waals surface area contributed by atoms with Gasteiger partial charge in [-0.05, 0) is 44.2 Å². The predicted octanol–water partition coefficient (Wildman–Crippen LogP) is 5.71. The summed E-state index contributed by atoms with van der Waals surface area (Å²) in [4.78, 5) is 30.0. The molecule has 1 heterocycles. The van der Waals surface area contributed by atoms with E-state index in [0.717, 1.165) is 41.0 Å². The molecular formula is C19H19Cl2NO2S. The van der Waals surface area contributed by atoms with Crippen LogP contribution in [0, 0.1) is 18.8 Å². The Bertz CT molecular complexity index is 818. The van der Waals surface area contributed by atoms with Crippen LogP contribution in [0.1, 0.15) is 42.7 Å². The molecule has 0 aliphatic heterocycles. The fraction of sp³-hybridized carbons (Fsp3) is 0.421. The third kappa shape index (κ3) is 3.81. The van der Waals surface area contributed by atoms with Gasteiger partial charge in [-0.25, -0.2) is 4.98 Å². The number of Topliss-reactive ketones (excluding diaryl/α,β-unsaturated/α-hetero) is 1. The molecule has 0 amide bonds. The molecule has 1 unspecified atom stereocenters. The summed E-state index contributed by atoms with van der Waals surface area (Å²) in [6.07, 6.45) is 3.53. The van der Waals surface area contributed by atoms with Crippen molar-refractivity contribution in [1.29, 1.82) is 0 Å². The van der Waals surface area contributed by atoms with E-state index >= 15 is 0 Å². The average molecular weight is 396 g/mol. The molecule has 1 aromatic heterocycles. The molecule has 3 rings (SSSR count). The van der Waals surface area contributed by atoms with E-state index in [4.69, 9.17) is 23.2 Å². The summed E-state index contributed by atoms with van der Waals surface area (Å²) in [7, 11) is 0. The minimum Gasteiger partial charge on any atom is -0.302 e. The van der Waals surface area contributed by atoms with E-state index in [1.165, 1.54) is 11.3 Å². The number of benzene rings is 1. The highest BCUT2D eigenvalue weighted by Gasteiger charge is 2.34. The zero-order valence-corrected chi connectivity index (χ0v) is 16.4. The van der Waals surface area contributed by atoms with Crippen molar-refractivity contribution in [2.45, 2.75) is 39.0 Å². The third-order valence-corrected chi connectivity index (χ3v) is 6.61. The highest BCUT2D eigenvalue weighted by atomic mass is 35.5. The maximum atomic E-state index is 12.8. The number of nitrogens with zero attached hydrogens (tertiary/aromatic N) is 1. The van der Waals surface area contributed by atoms with Gasteiger partial charge in [0.2, 0.25) is 0 Å². The number of rotatable bonds is 5. The zero-order chi connectivity index (χ0) is 18.1. The van der Waals surface area contributed by atoms with E-state index in [2.05, 4.69) is 11.9 Å². The van der Waals surface area contributed by atoms with Crippen LogP contribution in [0.2, 0.25) is 10.0 Å². The van der Waals surface area contributed by atoms with Gasteiger partial charge in [0.05, 0.1) is 15.7 Å². The Morgan fingerprint density at radius 2 is 2.08 bits per heavy atom. The molecule has 1 fully saturated rings. The SMILES string of the molecule is Cc1sc(-c2ccc(Cl)c(Cl)c2)nc1C(C=O)C(=O)[C@@H]1CC[C@@H](C)C1. The van der Waals surface area contributed by atoms with Crippen LogP contribution in [-0.2, 0) is 9.59 Å². The number of aryl methyl sites for hydroxylation is 1. The molecule has 132 valence electrons. The largest absolute Gasteiger partial charge is 0.302 e. The molecule has 0 radical (unpaired) electrons. The number of hydrogen-bond donors (Lipinski definition) is 0. The summed E-state index contributed by atoms with van der Waals surface area (Å²) >= 11 is 13.5. The van der Waals surface area contributed by atoms with Gasteiger partial charge in [-0.2, -0.15) is 0 Å². The first kappa shape index (κ1) is 18.6. The van der Waals surface area contributed by atoms with Crippen molar-refractivity contribution < 1.29 is 9.59 Å². The van der Waals surface area contributed by atoms with Gasteiger partial charge in [0, 0.05) is 16.4 Å². The molecule has 3 nitrogen and oxygen atoms in total. The number of halogens is 2. The van der Waals surface area contributed by atoms with E-state index in [1.54, 1.807) is 12.1 Å². The fourth-order valence-corrected chi connectivity index (χ4v) is 4.69. The summed E-state index contributed by atoms with van der Waals surface area (Å²) in [6.45, 7) is 4.05. The van der Waals surface area contributed by atoms with Crippen LogP contribution in [-0.4, -0.2) is 17.1 Å². The van der Waals surface area contributed by atoms with Crippen molar-refractivity contribution >= 4 is 46.6 Å². The fourth-order valence-electron chi connectivity index (χ4n) is 3.44. The Balaban J connectivity index is 1.91. The van der Waals surface area contributed by atoms with Gasteiger partial charge in [0.25, 0.3) is 0 Å². The molecular weight excluding hydrogens is 377 g/mol. The molecule has 25 heavy (non-hydrogen) atoms. The molecule has 0 spiro atoms. The van der Waals surface area contributed by atoms with Gasteiger partial charge in [-0.15, -0.1) is 11.3 Å². The highest BCUT2D eigenvalue weighted by Crippen LogP contribution is 2.38. The number of carbonyl (C=O) groups excluding carboxylic acids is 2. The Morgan fingerprint density at radius 3 is 2.68 bits per heavy atom. The Labute approximate surface area is 161 Å². The molecule has 0 bridgehead atoms. The van der Waals surface area contributed by atoms with E-state index in [1.807, 2.05) is 13.0 Å². The minimum absolute atomic E-state index is 0.00781. The van der Waals surface area contributed by atoms with Gasteiger partial charge in [-0.3, -0.25) is 4.79 Å². The van der Waals surface area contributed by atoms with Gasteiger partial charge in [-0.1, -0.05) is 36.2 Å². The summed E-state index contributed by atoms with van der Waals surface area (Å²) in [5, 5.41) is 1.68. The molecule has 1 aromatic carbocycles. The van der Waals surface area contributed by atoms with Gasteiger partial charge >= 0.3 is 0 Å². The van der Waals surface area contributed by atoms with E-state index < -0.39 is 5.92 Å². The Morgan fingerprint density at radius 1 is 1.32 bits per heavy atom. The van der Waals surface area contributed by atoms with Crippen molar-refractivity contribution in [3.05, 3.63) is 38.8 Å². The number of thiazole rings is 1. The third-order valence-electron chi connectivity index (χ3n) is 4.83. The molecule has 1 saturated carbocycles. The summed E-state index contributed by atoms with van der Waals surface area (Å²) in [5.74, 6) is -0.249. The van der Waals surface area contributed by atoms with Crippen LogP contribution in [0.4, 0.5) is 0 Å². The van der Waals surface area contributed by atoms with E-state index in [-0.39, 0.29) is 11.7 Å². The first-order valence-corrected chi connectivity index (χ1v) is 9.89. The maximum absolute atomic E-state index is 12.8. The van der Waals surface area contributed by atoms with Crippen molar-refractivity contribution in [3.63, 3.8) is 0 Å². The Hall–Kier alpha value is -1.23. The Kier molecular flexibility index (Phi) is 5.62. The van der Waals surface area contributed by atoms with Gasteiger partial charge < -0.3 is 4.79 Å². The highest BCUT2D eigenvalue weighted by molar-refractivity contribution is 7.15. The number of aromatic nitrogens is 1. The molecule has 1 aliphatic rings. The van der Waals surface area contributed by atoms with Crippen molar-refractivity contribution in [2.24, 2.45) is 11.8 Å². The lowest BCUT2D eigenvalue weighted by Gasteiger charge is -2.13. The zero-order valence-electron chi connectivity index (χ0n) is 14.1. The topological polar surface area (TPSA) is 47.0 Å². The first-order chi connectivity index (χ1) is 11.9. The lowest BCUT2D eigenvalue weighted by atomic mass is 9.89. The quantitative estimate of drug-likeness (QED) is 0.480. The smallest absolute Gasteiger partial charge is 0.152 e. The van der Waals surface area contributed by atoms with Crippen LogP contribution in [0.3, 0.4) is 0 Å². The number of carbonyl (C=O) groups is 2. The lowest BCUT2D eigenvalue weighted by molar-refractivity contribution is -0.127. The van der Waals surface area contributed by atoms with Crippen LogP contribution < -0.4 is 0 Å². The molecule has 0 N–H and O–H groups in total. The molecule has 6 heteroatoms.